The number of hydrogen-bond acceptors (Lipinski definition) is 5. The highest BCUT2D eigenvalue weighted by atomic mass is 35.5. The SMILES string of the molecule is Nc1cccc(Nc2nc(Cl)ncc2F)n1. The summed E-state index contributed by atoms with van der Waals surface area (Å²) in [6.07, 6.45) is 0.976. The Morgan fingerprint density at radius 2 is 2.12 bits per heavy atom. The first kappa shape index (κ1) is 10.6. The van der Waals surface area contributed by atoms with Gasteiger partial charge in [-0.15, -0.1) is 0 Å². The van der Waals surface area contributed by atoms with E-state index in [-0.39, 0.29) is 11.1 Å². The van der Waals surface area contributed by atoms with Gasteiger partial charge in [-0.25, -0.2) is 14.4 Å². The van der Waals surface area contributed by atoms with Gasteiger partial charge in [-0.2, -0.15) is 4.98 Å². The van der Waals surface area contributed by atoms with E-state index in [2.05, 4.69) is 20.3 Å². The number of anilines is 3. The number of rotatable bonds is 2. The Balaban J connectivity index is 2.30. The van der Waals surface area contributed by atoms with E-state index in [9.17, 15) is 4.39 Å². The van der Waals surface area contributed by atoms with Gasteiger partial charge < -0.3 is 11.1 Å². The van der Waals surface area contributed by atoms with Crippen LogP contribution >= 0.6 is 11.6 Å². The van der Waals surface area contributed by atoms with Crippen molar-refractivity contribution in [1.29, 1.82) is 0 Å². The van der Waals surface area contributed by atoms with Crippen molar-refractivity contribution in [3.05, 3.63) is 35.5 Å². The Labute approximate surface area is 95.5 Å². The summed E-state index contributed by atoms with van der Waals surface area (Å²) < 4.78 is 13.3. The summed E-state index contributed by atoms with van der Waals surface area (Å²) in [5, 5.41) is 2.60. The topological polar surface area (TPSA) is 76.7 Å². The lowest BCUT2D eigenvalue weighted by Gasteiger charge is -2.05. The molecule has 2 aromatic rings. The molecule has 2 aromatic heterocycles. The summed E-state index contributed by atoms with van der Waals surface area (Å²) in [6.45, 7) is 0. The molecule has 7 heteroatoms. The third kappa shape index (κ3) is 2.34. The average molecular weight is 240 g/mol. The molecule has 0 saturated carbocycles. The fourth-order valence-corrected chi connectivity index (χ4v) is 1.21. The predicted octanol–water partition coefficient (Wildman–Crippen LogP) is 1.99. The zero-order chi connectivity index (χ0) is 11.5. The molecule has 82 valence electrons. The van der Waals surface area contributed by atoms with Gasteiger partial charge in [-0.05, 0) is 23.7 Å². The van der Waals surface area contributed by atoms with E-state index in [4.69, 9.17) is 17.3 Å². The second-order valence-electron chi connectivity index (χ2n) is 2.91. The van der Waals surface area contributed by atoms with E-state index >= 15 is 0 Å². The van der Waals surface area contributed by atoms with E-state index < -0.39 is 5.82 Å². The molecule has 0 bridgehead atoms. The number of nitrogens with one attached hydrogen (secondary N) is 1. The maximum absolute atomic E-state index is 13.3. The lowest BCUT2D eigenvalue weighted by molar-refractivity contribution is 0.618. The first-order chi connectivity index (χ1) is 7.65. The molecule has 0 aliphatic carbocycles. The van der Waals surface area contributed by atoms with E-state index in [0.717, 1.165) is 6.20 Å². The van der Waals surface area contributed by atoms with Crippen LogP contribution < -0.4 is 11.1 Å². The van der Waals surface area contributed by atoms with Crippen molar-refractivity contribution in [3.63, 3.8) is 0 Å². The minimum Gasteiger partial charge on any atom is -0.384 e. The van der Waals surface area contributed by atoms with Crippen LogP contribution in [0.1, 0.15) is 0 Å². The fraction of sp³-hybridized carbons (Fsp3) is 0. The van der Waals surface area contributed by atoms with Gasteiger partial charge in [-0.3, -0.25) is 0 Å². The number of aromatic nitrogens is 3. The van der Waals surface area contributed by atoms with Crippen LogP contribution in [0.2, 0.25) is 5.28 Å². The number of nitrogens with two attached hydrogens (primary N) is 1. The van der Waals surface area contributed by atoms with Crippen molar-refractivity contribution >= 4 is 29.1 Å². The fourth-order valence-electron chi connectivity index (χ4n) is 1.08. The molecule has 5 nitrogen and oxygen atoms in total. The van der Waals surface area contributed by atoms with Crippen LogP contribution in [0.15, 0.2) is 24.4 Å². The molecule has 0 fully saturated rings. The van der Waals surface area contributed by atoms with Crippen molar-refractivity contribution in [2.75, 3.05) is 11.1 Å². The van der Waals surface area contributed by atoms with E-state index in [0.29, 0.717) is 11.6 Å². The van der Waals surface area contributed by atoms with E-state index in [1.807, 2.05) is 0 Å². The van der Waals surface area contributed by atoms with Crippen LogP contribution in [-0.4, -0.2) is 15.0 Å². The number of pyridine rings is 1. The molecule has 0 spiro atoms. The normalized spacial score (nSPS) is 10.1. The Morgan fingerprint density at radius 1 is 1.31 bits per heavy atom. The van der Waals surface area contributed by atoms with Crippen molar-refractivity contribution in [2.45, 2.75) is 0 Å². The minimum absolute atomic E-state index is 0.0434. The summed E-state index contributed by atoms with van der Waals surface area (Å²) in [5.41, 5.74) is 5.48. The Bertz CT molecular complexity index is 519. The standard InChI is InChI=1S/C9H7ClFN5/c10-9-13-4-5(11)8(16-9)15-7-3-1-2-6(12)14-7/h1-4H,(H3,12,13,14,15,16). The molecule has 0 amide bonds. The summed E-state index contributed by atoms with van der Waals surface area (Å²) in [7, 11) is 0. The lowest BCUT2D eigenvalue weighted by atomic mass is 10.4. The van der Waals surface area contributed by atoms with Gasteiger partial charge >= 0.3 is 0 Å². The van der Waals surface area contributed by atoms with Crippen molar-refractivity contribution in [2.24, 2.45) is 0 Å². The third-order valence-electron chi connectivity index (χ3n) is 1.73. The summed E-state index contributed by atoms with van der Waals surface area (Å²) >= 11 is 5.54. The molecular formula is C9H7ClFN5. The molecule has 0 aliphatic heterocycles. The van der Waals surface area contributed by atoms with Crippen LogP contribution in [0, 0.1) is 5.82 Å². The van der Waals surface area contributed by atoms with Crippen LogP contribution in [0.3, 0.4) is 0 Å². The Morgan fingerprint density at radius 3 is 2.88 bits per heavy atom. The maximum Gasteiger partial charge on any atom is 0.224 e. The first-order valence-electron chi connectivity index (χ1n) is 4.33. The summed E-state index contributed by atoms with van der Waals surface area (Å²) in [6, 6.07) is 4.94. The van der Waals surface area contributed by atoms with E-state index in [1.54, 1.807) is 18.2 Å². The third-order valence-corrected chi connectivity index (χ3v) is 1.91. The number of halogens is 2. The molecule has 2 heterocycles. The number of nitrogens with zero attached hydrogens (tertiary/aromatic N) is 3. The second-order valence-corrected chi connectivity index (χ2v) is 3.25. The number of nitrogen functional groups attached to an aromatic ring is 1. The maximum atomic E-state index is 13.3. The highest BCUT2D eigenvalue weighted by Crippen LogP contribution is 2.17. The molecule has 0 radical (unpaired) electrons. The predicted molar refractivity (Wildman–Crippen MR) is 58.9 cm³/mol. The average Bonchev–Trinajstić information content (AvgIpc) is 2.24. The van der Waals surface area contributed by atoms with Gasteiger partial charge in [0.2, 0.25) is 5.28 Å². The second kappa shape index (κ2) is 4.28. The monoisotopic (exact) mass is 239 g/mol. The highest BCUT2D eigenvalue weighted by molar-refractivity contribution is 6.28. The Kier molecular flexibility index (Phi) is 2.82. The molecule has 0 aromatic carbocycles. The van der Waals surface area contributed by atoms with Gasteiger partial charge in [0.25, 0.3) is 0 Å². The van der Waals surface area contributed by atoms with Crippen LogP contribution in [0.4, 0.5) is 21.8 Å². The molecule has 3 N–H and O–H groups in total. The molecule has 2 rings (SSSR count). The minimum atomic E-state index is -0.617. The molecule has 0 unspecified atom stereocenters. The van der Waals surface area contributed by atoms with E-state index in [1.165, 1.54) is 0 Å². The largest absolute Gasteiger partial charge is 0.384 e. The zero-order valence-electron chi connectivity index (χ0n) is 7.98. The summed E-state index contributed by atoms with van der Waals surface area (Å²) in [4.78, 5) is 11.1. The van der Waals surface area contributed by atoms with Gasteiger partial charge in [0, 0.05) is 0 Å². The quantitative estimate of drug-likeness (QED) is 0.784. The van der Waals surface area contributed by atoms with Gasteiger partial charge in [0.1, 0.15) is 11.6 Å². The first-order valence-corrected chi connectivity index (χ1v) is 4.70. The zero-order valence-corrected chi connectivity index (χ0v) is 8.74. The molecule has 0 aliphatic rings. The summed E-state index contributed by atoms with van der Waals surface area (Å²) in [5.74, 6) is 0.0472. The van der Waals surface area contributed by atoms with Gasteiger partial charge in [0.05, 0.1) is 6.20 Å². The van der Waals surface area contributed by atoms with Crippen LogP contribution in [0.25, 0.3) is 0 Å². The number of hydrogen-bond donors (Lipinski definition) is 2. The Hall–Kier alpha value is -1.95. The molecule has 0 atom stereocenters. The van der Waals surface area contributed by atoms with Crippen LogP contribution in [-0.2, 0) is 0 Å². The molecular weight excluding hydrogens is 233 g/mol. The lowest BCUT2D eigenvalue weighted by Crippen LogP contribution is -2.01. The van der Waals surface area contributed by atoms with Gasteiger partial charge in [0.15, 0.2) is 11.6 Å². The van der Waals surface area contributed by atoms with Crippen LogP contribution in [0.5, 0.6) is 0 Å². The highest BCUT2D eigenvalue weighted by Gasteiger charge is 2.06. The van der Waals surface area contributed by atoms with Gasteiger partial charge in [-0.1, -0.05) is 6.07 Å². The van der Waals surface area contributed by atoms with Crippen molar-refractivity contribution < 1.29 is 4.39 Å². The smallest absolute Gasteiger partial charge is 0.224 e. The van der Waals surface area contributed by atoms with Crippen molar-refractivity contribution in [3.8, 4) is 0 Å². The molecule has 16 heavy (non-hydrogen) atoms. The van der Waals surface area contributed by atoms with Crippen molar-refractivity contribution in [1.82, 2.24) is 15.0 Å². The molecule has 0 saturated heterocycles.